The number of nitrogens with zero attached hydrogens (tertiary/aromatic N) is 3. The monoisotopic (exact) mass is 371 g/mol. The Balaban J connectivity index is 1.76. The number of ether oxygens (including phenoxy) is 1. The van der Waals surface area contributed by atoms with Gasteiger partial charge in [0.15, 0.2) is 5.82 Å². The number of anilines is 4. The molecule has 6 nitrogen and oxygen atoms in total. The zero-order valence-corrected chi connectivity index (χ0v) is 13.9. The van der Waals surface area contributed by atoms with Crippen molar-refractivity contribution in [3.63, 3.8) is 0 Å². The first-order valence-corrected chi connectivity index (χ1v) is 7.65. The van der Waals surface area contributed by atoms with Crippen molar-refractivity contribution < 1.29 is 4.74 Å². The van der Waals surface area contributed by atoms with Gasteiger partial charge in [0, 0.05) is 21.9 Å². The number of methoxy groups -OCH3 is 1. The van der Waals surface area contributed by atoms with E-state index in [0.29, 0.717) is 11.8 Å². The van der Waals surface area contributed by atoms with Gasteiger partial charge in [0.05, 0.1) is 13.3 Å². The van der Waals surface area contributed by atoms with E-state index in [1.807, 2.05) is 48.5 Å². The van der Waals surface area contributed by atoms with E-state index in [1.165, 1.54) is 0 Å². The highest BCUT2D eigenvalue weighted by molar-refractivity contribution is 9.10. The van der Waals surface area contributed by atoms with Crippen LogP contribution in [0.15, 0.2) is 59.2 Å². The van der Waals surface area contributed by atoms with E-state index in [2.05, 4.69) is 41.7 Å². The Morgan fingerprint density at radius 1 is 1.00 bits per heavy atom. The van der Waals surface area contributed by atoms with Crippen molar-refractivity contribution in [2.45, 2.75) is 0 Å². The van der Waals surface area contributed by atoms with Crippen LogP contribution in [0, 0.1) is 0 Å². The van der Waals surface area contributed by atoms with Crippen molar-refractivity contribution in [2.75, 3.05) is 17.7 Å². The molecule has 0 atom stereocenters. The number of hydrogen-bond donors (Lipinski definition) is 2. The van der Waals surface area contributed by atoms with Crippen LogP contribution in [0.25, 0.3) is 0 Å². The molecule has 1 heterocycles. The van der Waals surface area contributed by atoms with Crippen molar-refractivity contribution in [3.8, 4) is 5.75 Å². The number of hydrogen-bond acceptors (Lipinski definition) is 6. The third kappa shape index (κ3) is 4.17. The van der Waals surface area contributed by atoms with Gasteiger partial charge in [-0.25, -0.2) is 0 Å². The van der Waals surface area contributed by atoms with Crippen LogP contribution >= 0.6 is 15.9 Å². The van der Waals surface area contributed by atoms with Gasteiger partial charge >= 0.3 is 0 Å². The smallest absolute Gasteiger partial charge is 0.249 e. The summed E-state index contributed by atoms with van der Waals surface area (Å²) in [7, 11) is 1.62. The first kappa shape index (κ1) is 15.2. The fourth-order valence-electron chi connectivity index (χ4n) is 1.96. The molecule has 0 saturated heterocycles. The minimum atomic E-state index is 0.401. The molecule has 7 heteroatoms. The van der Waals surface area contributed by atoms with Crippen LogP contribution in [0.3, 0.4) is 0 Å². The summed E-state index contributed by atoms with van der Waals surface area (Å²) in [6.07, 6.45) is 1.57. The second-order valence-electron chi connectivity index (χ2n) is 4.66. The molecular formula is C16H14BrN5O. The molecule has 0 bridgehead atoms. The normalized spacial score (nSPS) is 10.2. The third-order valence-corrected chi connectivity index (χ3v) is 3.47. The van der Waals surface area contributed by atoms with Gasteiger partial charge < -0.3 is 15.4 Å². The van der Waals surface area contributed by atoms with Crippen LogP contribution < -0.4 is 15.4 Å². The van der Waals surface area contributed by atoms with Gasteiger partial charge in [0.2, 0.25) is 5.95 Å². The zero-order valence-electron chi connectivity index (χ0n) is 12.3. The van der Waals surface area contributed by atoms with Crippen molar-refractivity contribution in [1.29, 1.82) is 0 Å². The third-order valence-electron chi connectivity index (χ3n) is 2.98. The lowest BCUT2D eigenvalue weighted by Gasteiger charge is -2.08. The maximum absolute atomic E-state index is 5.19. The molecule has 23 heavy (non-hydrogen) atoms. The van der Waals surface area contributed by atoms with Crippen molar-refractivity contribution in [2.24, 2.45) is 0 Å². The molecule has 116 valence electrons. The van der Waals surface area contributed by atoms with E-state index in [0.717, 1.165) is 21.6 Å². The number of rotatable bonds is 5. The molecule has 2 N–H and O–H groups in total. The van der Waals surface area contributed by atoms with Gasteiger partial charge in [-0.05, 0) is 30.3 Å². The average Bonchev–Trinajstić information content (AvgIpc) is 2.55. The summed E-state index contributed by atoms with van der Waals surface area (Å²) in [5.74, 6) is 1.76. The predicted octanol–water partition coefficient (Wildman–Crippen LogP) is 4.13. The largest absolute Gasteiger partial charge is 0.497 e. The number of aromatic nitrogens is 3. The van der Waals surface area contributed by atoms with Crippen LogP contribution in [-0.4, -0.2) is 22.3 Å². The first-order chi connectivity index (χ1) is 11.2. The molecule has 0 fully saturated rings. The predicted molar refractivity (Wildman–Crippen MR) is 93.5 cm³/mol. The first-order valence-electron chi connectivity index (χ1n) is 6.86. The van der Waals surface area contributed by atoms with E-state index >= 15 is 0 Å². The molecule has 3 rings (SSSR count). The molecule has 0 saturated carbocycles. The number of benzene rings is 2. The highest BCUT2D eigenvalue weighted by Gasteiger charge is 2.03. The average molecular weight is 372 g/mol. The van der Waals surface area contributed by atoms with Crippen LogP contribution in [-0.2, 0) is 0 Å². The highest BCUT2D eigenvalue weighted by Crippen LogP contribution is 2.21. The maximum atomic E-state index is 5.19. The summed E-state index contributed by atoms with van der Waals surface area (Å²) in [6.45, 7) is 0. The number of halogens is 1. The fourth-order valence-corrected chi connectivity index (χ4v) is 2.36. The van der Waals surface area contributed by atoms with Crippen molar-refractivity contribution >= 4 is 39.1 Å². The second kappa shape index (κ2) is 7.06. The Labute approximate surface area is 142 Å². The fraction of sp³-hybridized carbons (Fsp3) is 0.0625. The van der Waals surface area contributed by atoms with E-state index in [-0.39, 0.29) is 0 Å². The lowest BCUT2D eigenvalue weighted by atomic mass is 10.3. The molecule has 0 spiro atoms. The van der Waals surface area contributed by atoms with Gasteiger partial charge in [-0.3, -0.25) is 0 Å². The standard InChI is InChI=1S/C16H14BrN5O/c1-23-14-7-3-6-13(9-14)20-16-21-15(10-18-22-16)19-12-5-2-4-11(17)8-12/h2-10H,1H3,(H2,19,20,21,22). The second-order valence-corrected chi connectivity index (χ2v) is 5.57. The summed E-state index contributed by atoms with van der Waals surface area (Å²) in [4.78, 5) is 4.40. The zero-order chi connectivity index (χ0) is 16.1. The summed E-state index contributed by atoms with van der Waals surface area (Å²) in [6, 6.07) is 15.3. The lowest BCUT2D eigenvalue weighted by Crippen LogP contribution is -2.02. The van der Waals surface area contributed by atoms with Gasteiger partial charge in [-0.15, -0.1) is 5.10 Å². The molecule has 0 radical (unpaired) electrons. The summed E-state index contributed by atoms with van der Waals surface area (Å²) < 4.78 is 6.18. The van der Waals surface area contributed by atoms with Crippen LogP contribution in [0.1, 0.15) is 0 Å². The Bertz CT molecular complexity index is 812. The van der Waals surface area contributed by atoms with Crippen LogP contribution in [0.4, 0.5) is 23.1 Å². The molecule has 0 unspecified atom stereocenters. The Kier molecular flexibility index (Phi) is 4.68. The van der Waals surface area contributed by atoms with E-state index in [9.17, 15) is 0 Å². The topological polar surface area (TPSA) is 72.0 Å². The molecule has 1 aromatic heterocycles. The maximum Gasteiger partial charge on any atom is 0.249 e. The number of nitrogens with one attached hydrogen (secondary N) is 2. The van der Waals surface area contributed by atoms with Crippen LogP contribution in [0.2, 0.25) is 0 Å². The van der Waals surface area contributed by atoms with E-state index in [4.69, 9.17) is 4.74 Å². The SMILES string of the molecule is COc1cccc(Nc2nncc(Nc3cccc(Br)c3)n2)c1. The molecule has 0 aliphatic heterocycles. The lowest BCUT2D eigenvalue weighted by molar-refractivity contribution is 0.415. The Morgan fingerprint density at radius 3 is 2.57 bits per heavy atom. The minimum absolute atomic E-state index is 0.401. The Hall–Kier alpha value is -2.67. The van der Waals surface area contributed by atoms with Gasteiger partial charge in [-0.1, -0.05) is 28.1 Å². The Morgan fingerprint density at radius 2 is 1.78 bits per heavy atom. The quantitative estimate of drug-likeness (QED) is 0.702. The molecule has 0 amide bonds. The molecule has 0 aliphatic rings. The minimum Gasteiger partial charge on any atom is -0.497 e. The molecule has 0 aliphatic carbocycles. The van der Waals surface area contributed by atoms with Crippen LogP contribution in [0.5, 0.6) is 5.75 Å². The van der Waals surface area contributed by atoms with Crippen molar-refractivity contribution in [3.05, 3.63) is 59.2 Å². The van der Waals surface area contributed by atoms with Gasteiger partial charge in [0.25, 0.3) is 0 Å². The van der Waals surface area contributed by atoms with Gasteiger partial charge in [0.1, 0.15) is 5.75 Å². The highest BCUT2D eigenvalue weighted by atomic mass is 79.9. The summed E-state index contributed by atoms with van der Waals surface area (Å²) in [5.41, 5.74) is 1.73. The van der Waals surface area contributed by atoms with E-state index in [1.54, 1.807) is 13.3 Å². The van der Waals surface area contributed by atoms with E-state index < -0.39 is 0 Å². The van der Waals surface area contributed by atoms with Gasteiger partial charge in [-0.2, -0.15) is 10.1 Å². The molecular weight excluding hydrogens is 358 g/mol. The summed E-state index contributed by atoms with van der Waals surface area (Å²) in [5, 5.41) is 14.2. The van der Waals surface area contributed by atoms with Crippen molar-refractivity contribution in [1.82, 2.24) is 15.2 Å². The molecule has 3 aromatic rings. The summed E-state index contributed by atoms with van der Waals surface area (Å²) >= 11 is 3.44. The molecule has 2 aromatic carbocycles.